The quantitative estimate of drug-likeness (QED) is 0.210. The molecule has 176 valence electrons. The highest BCUT2D eigenvalue weighted by Gasteiger charge is 2.26. The van der Waals surface area contributed by atoms with Crippen LogP contribution in [0.5, 0.6) is 0 Å². The van der Waals surface area contributed by atoms with E-state index in [0.717, 1.165) is 37.7 Å². The van der Waals surface area contributed by atoms with E-state index in [9.17, 15) is 9.59 Å². The number of carbonyl (C=O) groups excluding carboxylic acids is 1. The molecule has 0 fully saturated rings. The molecule has 0 N–H and O–H groups in total. The lowest BCUT2D eigenvalue weighted by molar-refractivity contribution is 0.0981. The molecule has 0 saturated carbocycles. The van der Waals surface area contributed by atoms with E-state index in [1.54, 1.807) is 29.4 Å². The second-order valence-electron chi connectivity index (χ2n) is 8.82. The van der Waals surface area contributed by atoms with Gasteiger partial charge in [-0.3, -0.25) is 14.7 Å². The van der Waals surface area contributed by atoms with E-state index in [-0.39, 0.29) is 12.1 Å². The first kappa shape index (κ1) is 22.1. The fraction of sp³-hybridized carbons (Fsp3) is 0.103. The molecule has 3 heterocycles. The third-order valence-electron chi connectivity index (χ3n) is 6.23. The van der Waals surface area contributed by atoms with E-state index in [0.29, 0.717) is 16.1 Å². The summed E-state index contributed by atoms with van der Waals surface area (Å²) >= 11 is 1.43. The summed E-state index contributed by atoms with van der Waals surface area (Å²) in [6, 6.07) is 21.0. The van der Waals surface area contributed by atoms with Gasteiger partial charge in [-0.05, 0) is 65.6 Å². The van der Waals surface area contributed by atoms with E-state index in [4.69, 9.17) is 9.40 Å². The van der Waals surface area contributed by atoms with E-state index in [1.807, 2.05) is 56.3 Å². The molecule has 0 saturated heterocycles. The second kappa shape index (κ2) is 8.70. The highest BCUT2D eigenvalue weighted by Crippen LogP contribution is 2.33. The molecule has 0 aliphatic heterocycles. The third kappa shape index (κ3) is 3.83. The number of carbonyl (C=O) groups is 1. The summed E-state index contributed by atoms with van der Waals surface area (Å²) in [6.07, 6.45) is 3.39. The van der Waals surface area contributed by atoms with Crippen LogP contribution < -0.4 is 10.5 Å². The van der Waals surface area contributed by atoms with Crippen LogP contribution >= 0.6 is 11.3 Å². The Labute approximate surface area is 210 Å². The van der Waals surface area contributed by atoms with Crippen LogP contribution in [0.25, 0.3) is 32.0 Å². The van der Waals surface area contributed by atoms with Gasteiger partial charge in [0.05, 0.1) is 16.8 Å². The van der Waals surface area contributed by atoms with Crippen molar-refractivity contribution in [3.63, 3.8) is 0 Å². The average Bonchev–Trinajstić information content (AvgIpc) is 3.31. The summed E-state index contributed by atoms with van der Waals surface area (Å²) in [4.78, 5) is 37.6. The van der Waals surface area contributed by atoms with Gasteiger partial charge in [0.1, 0.15) is 11.1 Å². The Bertz CT molecular complexity index is 1840. The zero-order chi connectivity index (χ0) is 24.8. The minimum Gasteiger partial charge on any atom is -0.422 e. The van der Waals surface area contributed by atoms with Gasteiger partial charge < -0.3 is 4.42 Å². The van der Waals surface area contributed by atoms with Crippen molar-refractivity contribution in [2.75, 3.05) is 4.90 Å². The molecule has 3 aromatic heterocycles. The number of aryl methyl sites for hydroxylation is 2. The van der Waals surface area contributed by atoms with Crippen LogP contribution in [0.15, 0.2) is 88.3 Å². The van der Waals surface area contributed by atoms with Crippen LogP contribution in [0.3, 0.4) is 0 Å². The van der Waals surface area contributed by atoms with Gasteiger partial charge in [-0.2, -0.15) is 0 Å². The maximum atomic E-state index is 14.0. The number of rotatable bonds is 4. The Balaban J connectivity index is 1.53. The third-order valence-corrected chi connectivity index (χ3v) is 7.26. The van der Waals surface area contributed by atoms with Crippen molar-refractivity contribution in [1.29, 1.82) is 0 Å². The molecule has 0 radical (unpaired) electrons. The van der Waals surface area contributed by atoms with Gasteiger partial charge in [-0.25, -0.2) is 9.78 Å². The molecule has 6 rings (SSSR count). The van der Waals surface area contributed by atoms with E-state index < -0.39 is 11.5 Å². The van der Waals surface area contributed by atoms with E-state index in [1.165, 1.54) is 11.3 Å². The lowest BCUT2D eigenvalue weighted by atomic mass is 10.0. The van der Waals surface area contributed by atoms with E-state index in [2.05, 4.69) is 17.1 Å². The number of fused-ring (bicyclic) bond motifs is 4. The van der Waals surface area contributed by atoms with Crippen LogP contribution in [0.2, 0.25) is 0 Å². The predicted molar refractivity (Wildman–Crippen MR) is 144 cm³/mol. The molecule has 3 aromatic carbocycles. The molecule has 7 heteroatoms. The van der Waals surface area contributed by atoms with Crippen molar-refractivity contribution < 1.29 is 9.21 Å². The zero-order valence-corrected chi connectivity index (χ0v) is 20.5. The Kier molecular flexibility index (Phi) is 5.34. The lowest BCUT2D eigenvalue weighted by Crippen LogP contribution is -2.33. The molecule has 0 aliphatic rings. The maximum absolute atomic E-state index is 14.0. The number of anilines is 1. The fourth-order valence-corrected chi connectivity index (χ4v) is 5.68. The molecule has 0 bridgehead atoms. The molecule has 6 aromatic rings. The van der Waals surface area contributed by atoms with Crippen LogP contribution in [0, 0.1) is 13.8 Å². The molecule has 1 amide bonds. The van der Waals surface area contributed by atoms with Crippen molar-refractivity contribution in [1.82, 2.24) is 9.97 Å². The van der Waals surface area contributed by atoms with Crippen LogP contribution in [0.4, 0.5) is 5.13 Å². The standard InChI is InChI=1S/C29H21N3O3S/c1-17-12-18(2)26-25(13-17)36-29(31-26)32(16-19-6-5-11-30-15-19)27(33)23-14-22-21-8-4-3-7-20(21)9-10-24(22)35-28(23)34/h3-15H,16H2,1-2H3. The number of benzene rings is 3. The molecular formula is C29H21N3O3S. The van der Waals surface area contributed by atoms with E-state index >= 15 is 0 Å². The summed E-state index contributed by atoms with van der Waals surface area (Å²) in [5.74, 6) is -0.462. The number of aromatic nitrogens is 2. The minimum atomic E-state index is -0.674. The first-order chi connectivity index (χ1) is 17.5. The molecule has 6 nitrogen and oxygen atoms in total. The lowest BCUT2D eigenvalue weighted by Gasteiger charge is -2.19. The summed E-state index contributed by atoms with van der Waals surface area (Å²) in [6.45, 7) is 4.27. The van der Waals surface area contributed by atoms with Crippen LogP contribution in [0.1, 0.15) is 27.0 Å². The van der Waals surface area contributed by atoms with Gasteiger partial charge in [0, 0.05) is 17.8 Å². The van der Waals surface area contributed by atoms with Crippen molar-refractivity contribution >= 4 is 54.3 Å². The van der Waals surface area contributed by atoms with Gasteiger partial charge in [0.2, 0.25) is 0 Å². The van der Waals surface area contributed by atoms with Crippen molar-refractivity contribution in [3.8, 4) is 0 Å². The number of pyridine rings is 1. The Hall–Kier alpha value is -4.36. The second-order valence-corrected chi connectivity index (χ2v) is 9.83. The summed E-state index contributed by atoms with van der Waals surface area (Å²) in [7, 11) is 0. The molecule has 0 atom stereocenters. The highest BCUT2D eigenvalue weighted by molar-refractivity contribution is 7.22. The highest BCUT2D eigenvalue weighted by atomic mass is 32.1. The SMILES string of the molecule is Cc1cc(C)c2nc(N(Cc3cccnc3)C(=O)c3cc4c(ccc5ccccc54)oc3=O)sc2c1. The molecule has 0 aliphatic carbocycles. The predicted octanol–water partition coefficient (Wildman–Crippen LogP) is 6.41. The minimum absolute atomic E-state index is 0.0325. The van der Waals surface area contributed by atoms with Crippen LogP contribution in [-0.2, 0) is 6.54 Å². The van der Waals surface area contributed by atoms with Crippen molar-refractivity contribution in [2.45, 2.75) is 20.4 Å². The van der Waals surface area contributed by atoms with Gasteiger partial charge in [-0.15, -0.1) is 0 Å². The first-order valence-corrected chi connectivity index (χ1v) is 12.3. The van der Waals surface area contributed by atoms with Crippen molar-refractivity contribution in [3.05, 3.63) is 112 Å². The summed E-state index contributed by atoms with van der Waals surface area (Å²) in [5, 5.41) is 3.15. The molecule has 0 spiro atoms. The van der Waals surface area contributed by atoms with Gasteiger partial charge in [0.25, 0.3) is 5.91 Å². The molecule has 36 heavy (non-hydrogen) atoms. The average molecular weight is 492 g/mol. The maximum Gasteiger partial charge on any atom is 0.349 e. The normalized spacial score (nSPS) is 11.4. The Morgan fingerprint density at radius 1 is 1.00 bits per heavy atom. The van der Waals surface area contributed by atoms with Crippen LogP contribution in [-0.4, -0.2) is 15.9 Å². The number of nitrogens with zero attached hydrogens (tertiary/aromatic N) is 3. The largest absolute Gasteiger partial charge is 0.422 e. The van der Waals surface area contributed by atoms with Gasteiger partial charge >= 0.3 is 5.63 Å². The number of amides is 1. The fourth-order valence-electron chi connectivity index (χ4n) is 4.54. The molecule has 0 unspecified atom stereocenters. The summed E-state index contributed by atoms with van der Waals surface area (Å²) < 4.78 is 6.61. The summed E-state index contributed by atoms with van der Waals surface area (Å²) in [5.41, 5.74) is 3.58. The van der Waals surface area contributed by atoms with Gasteiger partial charge in [0.15, 0.2) is 5.13 Å². The van der Waals surface area contributed by atoms with Crippen molar-refractivity contribution in [2.24, 2.45) is 0 Å². The smallest absolute Gasteiger partial charge is 0.349 e. The molecular weight excluding hydrogens is 470 g/mol. The zero-order valence-electron chi connectivity index (χ0n) is 19.7. The van der Waals surface area contributed by atoms with Gasteiger partial charge in [-0.1, -0.05) is 53.8 Å². The number of thiazole rings is 1. The Morgan fingerprint density at radius 2 is 1.86 bits per heavy atom. The Morgan fingerprint density at radius 3 is 2.69 bits per heavy atom. The monoisotopic (exact) mass is 491 g/mol. The number of hydrogen-bond acceptors (Lipinski definition) is 6. The number of hydrogen-bond donors (Lipinski definition) is 0. The first-order valence-electron chi connectivity index (χ1n) is 11.5. The topological polar surface area (TPSA) is 76.3 Å².